The number of hydrogen-bond donors (Lipinski definition) is 0. The minimum atomic E-state index is -0.458. The maximum absolute atomic E-state index is 13.5. The van der Waals surface area contributed by atoms with Gasteiger partial charge < -0.3 is 0 Å². The van der Waals surface area contributed by atoms with Gasteiger partial charge in [-0.2, -0.15) is 0 Å². The van der Waals surface area contributed by atoms with Crippen LogP contribution in [0.5, 0.6) is 0 Å². The quantitative estimate of drug-likeness (QED) is 0.707. The third kappa shape index (κ3) is 2.43. The average Bonchev–Trinajstić information content (AvgIpc) is 2.32. The first-order chi connectivity index (χ1) is 7.68. The summed E-state index contributed by atoms with van der Waals surface area (Å²) in [7, 11) is 0. The van der Waals surface area contributed by atoms with Crippen LogP contribution in [0.1, 0.15) is 42.5 Å². The first kappa shape index (κ1) is 11.6. The molecule has 1 aromatic rings. The van der Waals surface area contributed by atoms with E-state index in [-0.39, 0.29) is 17.3 Å². The fourth-order valence-electron chi connectivity index (χ4n) is 2.27. The Morgan fingerprint density at radius 2 is 1.94 bits per heavy atom. The lowest BCUT2D eigenvalue weighted by Crippen LogP contribution is -2.18. The molecule has 3 heteroatoms. The Labute approximate surface area is 99.6 Å². The maximum Gasteiger partial charge on any atom is 0.168 e. The van der Waals surface area contributed by atoms with Gasteiger partial charge in [0.15, 0.2) is 5.78 Å². The average molecular weight is 241 g/mol. The molecule has 1 aliphatic carbocycles. The summed E-state index contributed by atoms with van der Waals surface area (Å²) < 4.78 is 13.5. The minimum Gasteiger partial charge on any atom is -0.294 e. The summed E-state index contributed by atoms with van der Waals surface area (Å²) in [5.41, 5.74) is 0.152. The van der Waals surface area contributed by atoms with Gasteiger partial charge in [-0.25, -0.2) is 4.39 Å². The van der Waals surface area contributed by atoms with Gasteiger partial charge in [0.2, 0.25) is 0 Å². The fraction of sp³-hybridized carbons (Fsp3) is 0.462. The van der Waals surface area contributed by atoms with Crippen molar-refractivity contribution in [2.45, 2.75) is 32.1 Å². The standard InChI is InChI=1S/C13H14ClFO/c14-10-6-7-12(15)11(8-10)13(16)9-4-2-1-3-5-9/h6-9H,1-5H2. The van der Waals surface area contributed by atoms with Crippen LogP contribution in [0.15, 0.2) is 18.2 Å². The van der Waals surface area contributed by atoms with Crippen molar-refractivity contribution in [2.24, 2.45) is 5.92 Å². The second kappa shape index (κ2) is 4.96. The first-order valence-corrected chi connectivity index (χ1v) is 6.05. The Bertz CT molecular complexity index is 397. The third-order valence-electron chi connectivity index (χ3n) is 3.17. The highest BCUT2D eigenvalue weighted by Crippen LogP contribution is 2.28. The van der Waals surface area contributed by atoms with Crippen LogP contribution in [0, 0.1) is 11.7 Å². The van der Waals surface area contributed by atoms with Gasteiger partial charge in [-0.05, 0) is 31.0 Å². The van der Waals surface area contributed by atoms with Crippen molar-refractivity contribution in [1.82, 2.24) is 0 Å². The summed E-state index contributed by atoms with van der Waals surface area (Å²) >= 11 is 5.78. The number of carbonyl (C=O) groups is 1. The molecule has 0 heterocycles. The van der Waals surface area contributed by atoms with E-state index in [0.717, 1.165) is 25.7 Å². The Hall–Kier alpha value is -0.890. The number of benzene rings is 1. The van der Waals surface area contributed by atoms with Crippen molar-refractivity contribution in [2.75, 3.05) is 0 Å². The monoisotopic (exact) mass is 240 g/mol. The molecule has 1 saturated carbocycles. The van der Waals surface area contributed by atoms with E-state index < -0.39 is 5.82 Å². The predicted molar refractivity (Wildman–Crippen MR) is 62.3 cm³/mol. The Morgan fingerprint density at radius 1 is 1.25 bits per heavy atom. The molecule has 1 fully saturated rings. The van der Waals surface area contributed by atoms with Crippen LogP contribution >= 0.6 is 11.6 Å². The zero-order valence-electron chi connectivity index (χ0n) is 9.01. The molecule has 0 aliphatic heterocycles. The Morgan fingerprint density at radius 3 is 2.62 bits per heavy atom. The summed E-state index contributed by atoms with van der Waals surface area (Å²) in [4.78, 5) is 12.1. The Balaban J connectivity index is 2.22. The lowest BCUT2D eigenvalue weighted by Gasteiger charge is -2.20. The lowest BCUT2D eigenvalue weighted by atomic mass is 9.84. The number of ketones is 1. The predicted octanol–water partition coefficient (Wildman–Crippen LogP) is 4.24. The van der Waals surface area contributed by atoms with E-state index in [1.807, 2.05) is 0 Å². The number of Topliss-reactive ketones (excluding diaryl/α,β-unsaturated/α-hetero) is 1. The van der Waals surface area contributed by atoms with Gasteiger partial charge in [-0.1, -0.05) is 30.9 Å². The number of halogens is 2. The van der Waals surface area contributed by atoms with Crippen molar-refractivity contribution in [3.05, 3.63) is 34.6 Å². The molecule has 0 N–H and O–H groups in total. The SMILES string of the molecule is O=C(c1cc(Cl)ccc1F)C1CCCCC1. The molecule has 0 amide bonds. The summed E-state index contributed by atoms with van der Waals surface area (Å²) in [6.45, 7) is 0. The van der Waals surface area contributed by atoms with E-state index in [1.165, 1.54) is 24.6 Å². The Kier molecular flexibility index (Phi) is 3.59. The molecule has 1 aromatic carbocycles. The van der Waals surface area contributed by atoms with Gasteiger partial charge in [0.25, 0.3) is 0 Å². The molecule has 0 aromatic heterocycles. The highest BCUT2D eigenvalue weighted by molar-refractivity contribution is 6.31. The molecule has 0 spiro atoms. The fourth-order valence-corrected chi connectivity index (χ4v) is 2.44. The molecule has 16 heavy (non-hydrogen) atoms. The highest BCUT2D eigenvalue weighted by Gasteiger charge is 2.24. The maximum atomic E-state index is 13.5. The molecular weight excluding hydrogens is 227 g/mol. The van der Waals surface area contributed by atoms with Crippen molar-refractivity contribution < 1.29 is 9.18 Å². The van der Waals surface area contributed by atoms with Crippen LogP contribution in [-0.4, -0.2) is 5.78 Å². The molecule has 2 rings (SSSR count). The highest BCUT2D eigenvalue weighted by atomic mass is 35.5. The van der Waals surface area contributed by atoms with Crippen LogP contribution in [0.2, 0.25) is 5.02 Å². The topological polar surface area (TPSA) is 17.1 Å². The van der Waals surface area contributed by atoms with Crippen LogP contribution in [0.25, 0.3) is 0 Å². The van der Waals surface area contributed by atoms with E-state index in [2.05, 4.69) is 0 Å². The van der Waals surface area contributed by atoms with Crippen molar-refractivity contribution in [1.29, 1.82) is 0 Å². The minimum absolute atomic E-state index is 0.0123. The van der Waals surface area contributed by atoms with Crippen molar-refractivity contribution in [3.8, 4) is 0 Å². The number of rotatable bonds is 2. The van der Waals surface area contributed by atoms with E-state index >= 15 is 0 Å². The second-order valence-corrected chi connectivity index (χ2v) is 4.76. The van der Waals surface area contributed by atoms with Gasteiger partial charge in [0.1, 0.15) is 5.82 Å². The molecular formula is C13H14ClFO. The number of carbonyl (C=O) groups excluding carboxylic acids is 1. The molecule has 0 radical (unpaired) electrons. The van der Waals surface area contributed by atoms with Crippen LogP contribution in [-0.2, 0) is 0 Å². The summed E-state index contributed by atoms with van der Waals surface area (Å²) in [5.74, 6) is -0.554. The zero-order chi connectivity index (χ0) is 11.5. The normalized spacial score (nSPS) is 17.4. The van der Waals surface area contributed by atoms with E-state index in [0.29, 0.717) is 5.02 Å². The van der Waals surface area contributed by atoms with Gasteiger partial charge in [-0.3, -0.25) is 4.79 Å². The molecule has 0 atom stereocenters. The van der Waals surface area contributed by atoms with E-state index in [9.17, 15) is 9.18 Å². The van der Waals surface area contributed by atoms with Crippen LogP contribution in [0.4, 0.5) is 4.39 Å². The number of hydrogen-bond acceptors (Lipinski definition) is 1. The second-order valence-electron chi connectivity index (χ2n) is 4.32. The zero-order valence-corrected chi connectivity index (χ0v) is 9.77. The van der Waals surface area contributed by atoms with E-state index in [4.69, 9.17) is 11.6 Å². The molecule has 0 bridgehead atoms. The van der Waals surface area contributed by atoms with Gasteiger partial charge in [0, 0.05) is 10.9 Å². The molecule has 0 unspecified atom stereocenters. The van der Waals surface area contributed by atoms with Gasteiger partial charge >= 0.3 is 0 Å². The van der Waals surface area contributed by atoms with Crippen LogP contribution in [0.3, 0.4) is 0 Å². The van der Waals surface area contributed by atoms with E-state index in [1.54, 1.807) is 0 Å². The van der Waals surface area contributed by atoms with Crippen molar-refractivity contribution >= 4 is 17.4 Å². The van der Waals surface area contributed by atoms with Gasteiger partial charge in [0.05, 0.1) is 5.56 Å². The van der Waals surface area contributed by atoms with Crippen molar-refractivity contribution in [3.63, 3.8) is 0 Å². The summed E-state index contributed by atoms with van der Waals surface area (Å²) in [5, 5.41) is 0.417. The van der Waals surface area contributed by atoms with Gasteiger partial charge in [-0.15, -0.1) is 0 Å². The molecule has 0 saturated heterocycles. The largest absolute Gasteiger partial charge is 0.294 e. The molecule has 1 aliphatic rings. The first-order valence-electron chi connectivity index (χ1n) is 5.68. The smallest absolute Gasteiger partial charge is 0.168 e. The summed E-state index contributed by atoms with van der Waals surface area (Å²) in [6.07, 6.45) is 5.08. The molecule has 1 nitrogen and oxygen atoms in total. The van der Waals surface area contributed by atoms with Crippen LogP contribution < -0.4 is 0 Å². The summed E-state index contributed by atoms with van der Waals surface area (Å²) in [6, 6.07) is 4.17. The molecule has 86 valence electrons. The lowest BCUT2D eigenvalue weighted by molar-refractivity contribution is 0.0885. The third-order valence-corrected chi connectivity index (χ3v) is 3.40.